The van der Waals surface area contributed by atoms with Crippen molar-refractivity contribution in [3.63, 3.8) is 0 Å². The van der Waals surface area contributed by atoms with E-state index in [9.17, 15) is 14.3 Å². The van der Waals surface area contributed by atoms with E-state index in [1.807, 2.05) is 12.2 Å². The number of hydrogen-bond acceptors (Lipinski definition) is 3. The lowest BCUT2D eigenvalue weighted by molar-refractivity contribution is -0.141. The van der Waals surface area contributed by atoms with E-state index < -0.39 is 18.1 Å². The van der Waals surface area contributed by atoms with Gasteiger partial charge in [0.15, 0.2) is 0 Å². The molecule has 0 aliphatic carbocycles. The Morgan fingerprint density at radius 3 is 2.50 bits per heavy atom. The van der Waals surface area contributed by atoms with Gasteiger partial charge in [-0.1, -0.05) is 12.2 Å². The Balaban J connectivity index is 3.53. The van der Waals surface area contributed by atoms with Gasteiger partial charge in [-0.05, 0) is 32.1 Å². The first-order valence-corrected chi connectivity index (χ1v) is 5.47. The molecule has 0 fully saturated rings. The highest BCUT2D eigenvalue weighted by molar-refractivity contribution is 5.73. The molecule has 0 rings (SSSR count). The van der Waals surface area contributed by atoms with E-state index in [0.29, 0.717) is 19.3 Å². The van der Waals surface area contributed by atoms with Gasteiger partial charge in [-0.3, -0.25) is 9.18 Å². The maximum Gasteiger partial charge on any atom is 0.323 e. The van der Waals surface area contributed by atoms with Crippen LogP contribution < -0.4 is 5.73 Å². The quantitative estimate of drug-likeness (QED) is 0.413. The Morgan fingerprint density at radius 1 is 1.31 bits per heavy atom. The monoisotopic (exact) mass is 233 g/mol. The van der Waals surface area contributed by atoms with Crippen molar-refractivity contribution in [2.75, 3.05) is 6.67 Å². The van der Waals surface area contributed by atoms with Crippen molar-refractivity contribution in [1.29, 1.82) is 0 Å². The molecule has 0 aromatic heterocycles. The van der Waals surface area contributed by atoms with Crippen LogP contribution in [0.5, 0.6) is 0 Å². The van der Waals surface area contributed by atoms with E-state index in [0.717, 1.165) is 12.8 Å². The van der Waals surface area contributed by atoms with Gasteiger partial charge in [0.1, 0.15) is 6.04 Å². The number of alkyl halides is 1. The van der Waals surface area contributed by atoms with E-state index in [-0.39, 0.29) is 6.67 Å². The Bertz CT molecular complexity index is 221. The lowest BCUT2D eigenvalue weighted by atomic mass is 10.1. The number of rotatable bonds is 9. The molecule has 0 aromatic rings. The van der Waals surface area contributed by atoms with Crippen molar-refractivity contribution in [3.05, 3.63) is 12.2 Å². The smallest absolute Gasteiger partial charge is 0.323 e. The highest BCUT2D eigenvalue weighted by Crippen LogP contribution is 2.04. The Labute approximate surface area is 95.0 Å². The third-order valence-corrected chi connectivity index (χ3v) is 2.25. The molecule has 0 aliphatic rings. The molecule has 4 nitrogen and oxygen atoms in total. The molecule has 0 heterocycles. The van der Waals surface area contributed by atoms with Crippen LogP contribution in [0.4, 0.5) is 4.39 Å². The summed E-state index contributed by atoms with van der Waals surface area (Å²) in [4.78, 5) is 10.4. The third kappa shape index (κ3) is 7.36. The van der Waals surface area contributed by atoms with E-state index in [1.54, 1.807) is 0 Å². The van der Waals surface area contributed by atoms with Crippen LogP contribution in [0.1, 0.15) is 32.1 Å². The maximum absolute atomic E-state index is 11.7. The van der Waals surface area contributed by atoms with Crippen LogP contribution >= 0.6 is 0 Å². The summed E-state index contributed by atoms with van der Waals surface area (Å²) in [7, 11) is 0. The average molecular weight is 233 g/mol. The average Bonchev–Trinajstić information content (AvgIpc) is 2.26. The van der Waals surface area contributed by atoms with Gasteiger partial charge in [0.05, 0.1) is 12.8 Å². The summed E-state index contributed by atoms with van der Waals surface area (Å²) in [6, 6.07) is -1.22. The minimum Gasteiger partial charge on any atom is -0.480 e. The van der Waals surface area contributed by atoms with Gasteiger partial charge >= 0.3 is 5.97 Å². The predicted molar refractivity (Wildman–Crippen MR) is 59.8 cm³/mol. The number of allylic oxidation sites excluding steroid dienone is 2. The number of carbonyl (C=O) groups is 1. The first kappa shape index (κ1) is 15.1. The molecule has 0 bridgehead atoms. The molecule has 0 radical (unpaired) electrons. The van der Waals surface area contributed by atoms with Crippen LogP contribution in [0.2, 0.25) is 0 Å². The summed E-state index contributed by atoms with van der Waals surface area (Å²) in [6.45, 7) is -0.292. The summed E-state index contributed by atoms with van der Waals surface area (Å²) in [6.07, 6.45) is 5.84. The van der Waals surface area contributed by atoms with Gasteiger partial charge in [-0.2, -0.15) is 0 Å². The molecule has 94 valence electrons. The maximum atomic E-state index is 11.7. The van der Waals surface area contributed by atoms with Crippen molar-refractivity contribution >= 4 is 5.97 Å². The van der Waals surface area contributed by atoms with Gasteiger partial charge in [0, 0.05) is 0 Å². The fourth-order valence-corrected chi connectivity index (χ4v) is 1.20. The lowest BCUT2D eigenvalue weighted by Crippen LogP contribution is -2.41. The molecule has 0 spiro atoms. The predicted octanol–water partition coefficient (Wildman–Crippen LogP) is 1.24. The van der Waals surface area contributed by atoms with Gasteiger partial charge in [0.2, 0.25) is 0 Å². The van der Waals surface area contributed by atoms with Crippen molar-refractivity contribution in [3.8, 4) is 0 Å². The summed E-state index contributed by atoms with van der Waals surface area (Å²) >= 11 is 0. The summed E-state index contributed by atoms with van der Waals surface area (Å²) in [5, 5.41) is 17.9. The van der Waals surface area contributed by atoms with Gasteiger partial charge in [0.25, 0.3) is 0 Å². The highest BCUT2D eigenvalue weighted by Gasteiger charge is 2.20. The van der Waals surface area contributed by atoms with E-state index >= 15 is 0 Å². The molecule has 0 aromatic carbocycles. The van der Waals surface area contributed by atoms with Crippen molar-refractivity contribution in [1.82, 2.24) is 0 Å². The van der Waals surface area contributed by atoms with E-state index in [2.05, 4.69) is 0 Å². The van der Waals surface area contributed by atoms with Gasteiger partial charge < -0.3 is 15.9 Å². The molecular weight excluding hydrogens is 213 g/mol. The zero-order valence-corrected chi connectivity index (χ0v) is 9.31. The van der Waals surface area contributed by atoms with Crippen LogP contribution in [0.3, 0.4) is 0 Å². The molecule has 2 atom stereocenters. The van der Waals surface area contributed by atoms with Crippen molar-refractivity contribution < 1.29 is 19.4 Å². The minimum absolute atomic E-state index is 0.292. The van der Waals surface area contributed by atoms with Crippen LogP contribution in [0.25, 0.3) is 0 Å². The number of carboxylic acid groups (broad SMARTS) is 1. The molecular formula is C11H20FNO3. The Hall–Kier alpha value is -0.940. The molecule has 4 N–H and O–H groups in total. The van der Waals surface area contributed by atoms with Crippen molar-refractivity contribution in [2.45, 2.75) is 44.2 Å². The first-order chi connectivity index (χ1) is 7.59. The second kappa shape index (κ2) is 9.30. The highest BCUT2D eigenvalue weighted by atomic mass is 19.1. The number of nitrogens with two attached hydrogens (primary N) is 1. The zero-order valence-electron chi connectivity index (χ0n) is 9.31. The van der Waals surface area contributed by atoms with Crippen molar-refractivity contribution in [2.24, 2.45) is 5.73 Å². The standard InChI is InChI=1S/C11H20FNO3/c12-8-6-4-2-1-3-5-7-9(14)10(13)11(15)16/h1,3,9-10,14H,2,4-8,13H2,(H,15,16). The number of unbranched alkanes of at least 4 members (excludes halogenated alkanes) is 2. The van der Waals surface area contributed by atoms with Crippen LogP contribution in [-0.4, -0.2) is 35.0 Å². The number of aliphatic carboxylic acids is 1. The molecule has 2 unspecified atom stereocenters. The third-order valence-electron chi connectivity index (χ3n) is 2.25. The molecule has 0 saturated heterocycles. The second-order valence-electron chi connectivity index (χ2n) is 3.66. The van der Waals surface area contributed by atoms with E-state index in [1.165, 1.54) is 0 Å². The fraction of sp³-hybridized carbons (Fsp3) is 0.727. The number of aliphatic hydroxyl groups excluding tert-OH is 1. The van der Waals surface area contributed by atoms with Crippen LogP contribution in [0.15, 0.2) is 12.2 Å². The van der Waals surface area contributed by atoms with Crippen LogP contribution in [-0.2, 0) is 4.79 Å². The normalized spacial score (nSPS) is 15.2. The Kier molecular flexibility index (Phi) is 8.75. The molecule has 0 aliphatic heterocycles. The van der Waals surface area contributed by atoms with Gasteiger partial charge in [-0.15, -0.1) is 0 Å². The summed E-state index contributed by atoms with van der Waals surface area (Å²) < 4.78 is 11.7. The van der Waals surface area contributed by atoms with Gasteiger partial charge in [-0.25, -0.2) is 0 Å². The Morgan fingerprint density at radius 2 is 1.94 bits per heavy atom. The SMILES string of the molecule is NC(C(=O)O)C(O)CCC=CCCCCF. The van der Waals surface area contributed by atoms with E-state index in [4.69, 9.17) is 10.8 Å². The number of aliphatic hydroxyl groups is 1. The molecule has 5 heteroatoms. The molecule has 0 amide bonds. The molecule has 16 heavy (non-hydrogen) atoms. The zero-order chi connectivity index (χ0) is 12.4. The number of carboxylic acids is 1. The fourth-order valence-electron chi connectivity index (χ4n) is 1.20. The number of halogens is 1. The molecule has 0 saturated carbocycles. The number of hydrogen-bond donors (Lipinski definition) is 3. The largest absolute Gasteiger partial charge is 0.480 e. The topological polar surface area (TPSA) is 83.6 Å². The minimum atomic E-state index is -1.22. The second-order valence-corrected chi connectivity index (χ2v) is 3.66. The van der Waals surface area contributed by atoms with Crippen LogP contribution in [0, 0.1) is 0 Å². The lowest BCUT2D eigenvalue weighted by Gasteiger charge is -2.13. The summed E-state index contributed by atoms with van der Waals surface area (Å²) in [5.41, 5.74) is 5.23. The first-order valence-electron chi connectivity index (χ1n) is 5.47. The summed E-state index contributed by atoms with van der Waals surface area (Å²) in [5.74, 6) is -1.19.